The second-order valence-corrected chi connectivity index (χ2v) is 14.8. The van der Waals surface area contributed by atoms with Gasteiger partial charge in [0, 0.05) is 52.1 Å². The molecule has 0 atom stereocenters. The van der Waals surface area contributed by atoms with Crippen LogP contribution >= 0.6 is 23.2 Å². The number of halogens is 3. The molecule has 0 saturated carbocycles. The highest BCUT2D eigenvalue weighted by Crippen LogP contribution is 2.38. The number of esters is 1. The highest BCUT2D eigenvalue weighted by atomic mass is 35.5. The summed E-state index contributed by atoms with van der Waals surface area (Å²) in [7, 11) is -3.74. The van der Waals surface area contributed by atoms with E-state index in [0.717, 1.165) is 33.3 Å². The summed E-state index contributed by atoms with van der Waals surface area (Å²) in [5, 5.41) is 1.83. The van der Waals surface area contributed by atoms with Crippen LogP contribution < -0.4 is 9.46 Å². The average molecular weight is 760 g/mol. The minimum Gasteiger partial charge on any atom is -0.493 e. The first-order valence-electron chi connectivity index (χ1n) is 16.9. The summed E-state index contributed by atoms with van der Waals surface area (Å²) in [4.78, 5) is 12.1. The lowest BCUT2D eigenvalue weighted by atomic mass is 9.97. The Balaban J connectivity index is 1.39. The Kier molecular flexibility index (Phi) is 12.0. The lowest BCUT2D eigenvalue weighted by Crippen LogP contribution is -2.28. The molecular weight excluding hydrogens is 722 g/mol. The van der Waals surface area contributed by atoms with Crippen LogP contribution in [-0.2, 0) is 33.4 Å². The van der Waals surface area contributed by atoms with Gasteiger partial charge in [-0.25, -0.2) is 22.3 Å². The summed E-state index contributed by atoms with van der Waals surface area (Å²) >= 11 is 12.9. The number of aromatic nitrogens is 1. The van der Waals surface area contributed by atoms with Gasteiger partial charge in [-0.15, -0.1) is 0 Å². The van der Waals surface area contributed by atoms with Gasteiger partial charge in [-0.3, -0.25) is 0 Å². The van der Waals surface area contributed by atoms with Crippen molar-refractivity contribution in [1.82, 2.24) is 9.29 Å². The van der Waals surface area contributed by atoms with Crippen molar-refractivity contribution in [1.29, 1.82) is 0 Å². The van der Waals surface area contributed by atoms with Gasteiger partial charge in [-0.05, 0) is 65.6 Å². The Labute approximate surface area is 313 Å². The Hall–Kier alpha value is -4.67. The molecule has 11 heteroatoms. The van der Waals surface area contributed by atoms with Crippen molar-refractivity contribution in [3.63, 3.8) is 0 Å². The Morgan fingerprint density at radius 3 is 2.17 bits per heavy atom. The van der Waals surface area contributed by atoms with Crippen molar-refractivity contribution in [3.05, 3.63) is 171 Å². The lowest BCUT2D eigenvalue weighted by Gasteiger charge is -2.25. The van der Waals surface area contributed by atoms with Crippen LogP contribution in [0.4, 0.5) is 4.39 Å². The molecule has 0 saturated heterocycles. The van der Waals surface area contributed by atoms with Gasteiger partial charge in [-0.2, -0.15) is 0 Å². The Morgan fingerprint density at radius 2 is 1.52 bits per heavy atom. The van der Waals surface area contributed by atoms with Crippen LogP contribution in [0.5, 0.6) is 5.75 Å². The van der Waals surface area contributed by atoms with E-state index in [1.807, 2.05) is 54.6 Å². The molecule has 6 rings (SSSR count). The molecule has 0 unspecified atom stereocenters. The summed E-state index contributed by atoms with van der Waals surface area (Å²) in [6, 6.07) is 36.6. The number of sulfonamides is 1. The third kappa shape index (κ3) is 8.68. The average Bonchev–Trinajstić information content (AvgIpc) is 3.41. The number of rotatable bonds is 15. The SMILES string of the molecule is CCOC(=O)c1ccc(OCCc2c(CCNS(=O)(=O)Cc3ccccc3Cl)n(C(c3ccccc3)c3ccccc3)c3ccc(Cl)cc23)cc1F. The summed E-state index contributed by atoms with van der Waals surface area (Å²) in [6.07, 6.45) is 0.728. The molecule has 0 aliphatic rings. The number of hydrogen-bond acceptors (Lipinski definition) is 5. The zero-order valence-corrected chi connectivity index (χ0v) is 30.7. The number of carbonyl (C=O) groups is 1. The quantitative estimate of drug-likeness (QED) is 0.106. The van der Waals surface area contributed by atoms with E-state index in [0.29, 0.717) is 28.5 Å². The van der Waals surface area contributed by atoms with Gasteiger partial charge in [0.1, 0.15) is 11.6 Å². The van der Waals surface area contributed by atoms with Gasteiger partial charge in [0.05, 0.1) is 30.6 Å². The summed E-state index contributed by atoms with van der Waals surface area (Å²) in [5.41, 5.74) is 5.15. The molecule has 5 aromatic carbocycles. The minimum absolute atomic E-state index is 0.113. The van der Waals surface area contributed by atoms with Crippen LogP contribution in [0.15, 0.2) is 121 Å². The Morgan fingerprint density at radius 1 is 0.846 bits per heavy atom. The van der Waals surface area contributed by atoms with Gasteiger partial charge in [0.2, 0.25) is 10.0 Å². The van der Waals surface area contributed by atoms with E-state index in [4.69, 9.17) is 32.7 Å². The number of nitrogens with one attached hydrogen (secondary N) is 1. The largest absolute Gasteiger partial charge is 0.493 e. The smallest absolute Gasteiger partial charge is 0.341 e. The van der Waals surface area contributed by atoms with Crippen molar-refractivity contribution in [2.24, 2.45) is 0 Å². The molecule has 268 valence electrons. The summed E-state index contributed by atoms with van der Waals surface area (Å²) in [5.74, 6) is -1.48. The zero-order valence-electron chi connectivity index (χ0n) is 28.4. The van der Waals surface area contributed by atoms with E-state index in [-0.39, 0.29) is 42.9 Å². The zero-order chi connectivity index (χ0) is 36.7. The first-order chi connectivity index (χ1) is 25.1. The molecule has 1 N–H and O–H groups in total. The molecule has 0 radical (unpaired) electrons. The van der Waals surface area contributed by atoms with E-state index >= 15 is 0 Å². The molecule has 0 aliphatic carbocycles. The fourth-order valence-electron chi connectivity index (χ4n) is 6.44. The number of hydrogen-bond donors (Lipinski definition) is 1. The second kappa shape index (κ2) is 16.8. The van der Waals surface area contributed by atoms with Crippen LogP contribution in [-0.4, -0.2) is 38.7 Å². The number of nitrogens with zero attached hydrogens (tertiary/aromatic N) is 1. The number of fused-ring (bicyclic) bond motifs is 1. The predicted molar refractivity (Wildman–Crippen MR) is 204 cm³/mol. The van der Waals surface area contributed by atoms with Gasteiger partial charge < -0.3 is 14.0 Å². The van der Waals surface area contributed by atoms with Crippen molar-refractivity contribution in [3.8, 4) is 5.75 Å². The Bertz CT molecular complexity index is 2240. The van der Waals surface area contributed by atoms with Crippen molar-refractivity contribution >= 4 is 50.1 Å². The van der Waals surface area contributed by atoms with Gasteiger partial charge >= 0.3 is 5.97 Å². The highest BCUT2D eigenvalue weighted by molar-refractivity contribution is 7.88. The maximum Gasteiger partial charge on any atom is 0.341 e. The van der Waals surface area contributed by atoms with Crippen molar-refractivity contribution < 1.29 is 27.1 Å². The fraction of sp³-hybridized carbons (Fsp3) is 0.195. The predicted octanol–water partition coefficient (Wildman–Crippen LogP) is 9.19. The first-order valence-corrected chi connectivity index (χ1v) is 19.3. The number of ether oxygens (including phenoxy) is 2. The van der Waals surface area contributed by atoms with Crippen LogP contribution in [0, 0.1) is 5.82 Å². The van der Waals surface area contributed by atoms with Crippen molar-refractivity contribution in [2.45, 2.75) is 31.6 Å². The third-order valence-electron chi connectivity index (χ3n) is 8.72. The van der Waals surface area contributed by atoms with Crippen molar-refractivity contribution in [2.75, 3.05) is 19.8 Å². The van der Waals surface area contributed by atoms with Gasteiger partial charge in [0.15, 0.2) is 0 Å². The highest BCUT2D eigenvalue weighted by Gasteiger charge is 2.26. The van der Waals surface area contributed by atoms with Crippen LogP contribution in [0.1, 0.15) is 51.3 Å². The van der Waals surface area contributed by atoms with E-state index in [1.54, 1.807) is 31.2 Å². The molecule has 52 heavy (non-hydrogen) atoms. The van der Waals surface area contributed by atoms with E-state index in [1.165, 1.54) is 18.2 Å². The minimum atomic E-state index is -3.74. The van der Waals surface area contributed by atoms with E-state index in [2.05, 4.69) is 33.6 Å². The van der Waals surface area contributed by atoms with Gasteiger partial charge in [0.25, 0.3) is 0 Å². The summed E-state index contributed by atoms with van der Waals surface area (Å²) in [6.45, 7) is 2.07. The molecule has 0 spiro atoms. The third-order valence-corrected chi connectivity index (χ3v) is 10.7. The summed E-state index contributed by atoms with van der Waals surface area (Å²) < 4.78 is 57.4. The normalized spacial score (nSPS) is 11.6. The molecule has 1 heterocycles. The fourth-order valence-corrected chi connectivity index (χ4v) is 8.07. The standard InChI is InChI=1S/C41H37Cl2FN2O5S/c1-2-50-41(47)34-19-18-32(26-37(34)44)51-24-22-33-35-25-31(42)17-20-38(35)46(40(28-11-5-3-6-12-28)29-13-7-4-8-14-29)39(33)21-23-45-52(48,49)27-30-15-9-10-16-36(30)43/h3-20,25-26,40,45H,2,21-24,27H2,1H3. The van der Waals surface area contributed by atoms with Crippen LogP contribution in [0.3, 0.4) is 0 Å². The number of carbonyl (C=O) groups excluding carboxylic acids is 1. The maximum absolute atomic E-state index is 14.8. The van der Waals surface area contributed by atoms with E-state index < -0.39 is 21.8 Å². The molecule has 6 aromatic rings. The molecule has 7 nitrogen and oxygen atoms in total. The molecular formula is C41H37Cl2FN2O5S. The molecule has 0 aliphatic heterocycles. The second-order valence-electron chi connectivity index (χ2n) is 12.1. The molecule has 0 bridgehead atoms. The molecule has 0 amide bonds. The van der Waals surface area contributed by atoms with Gasteiger partial charge in [-0.1, -0.05) is 102 Å². The van der Waals surface area contributed by atoms with Crippen LogP contribution in [0.25, 0.3) is 10.9 Å². The molecule has 1 aromatic heterocycles. The lowest BCUT2D eigenvalue weighted by molar-refractivity contribution is 0.0521. The molecule has 0 fully saturated rings. The monoisotopic (exact) mass is 758 g/mol. The number of benzene rings is 5. The van der Waals surface area contributed by atoms with Crippen LogP contribution in [0.2, 0.25) is 10.0 Å². The van der Waals surface area contributed by atoms with E-state index in [9.17, 15) is 17.6 Å². The maximum atomic E-state index is 14.8. The first kappa shape index (κ1) is 37.1. The topological polar surface area (TPSA) is 86.6 Å².